The molecule has 19 heavy (non-hydrogen) atoms. The minimum absolute atomic E-state index is 0.272. The van der Waals surface area contributed by atoms with Crippen LogP contribution in [0, 0.1) is 0 Å². The highest BCUT2D eigenvalue weighted by molar-refractivity contribution is 5.92. The Hall–Kier alpha value is -1.92. The third-order valence-electron chi connectivity index (χ3n) is 3.25. The Labute approximate surface area is 110 Å². The van der Waals surface area contributed by atoms with Gasteiger partial charge in [-0.15, -0.1) is 0 Å². The van der Waals surface area contributed by atoms with Crippen LogP contribution >= 0.6 is 0 Å². The third kappa shape index (κ3) is 2.59. The van der Waals surface area contributed by atoms with E-state index in [0.717, 1.165) is 49.7 Å². The van der Waals surface area contributed by atoms with Crippen molar-refractivity contribution in [3.8, 4) is 0 Å². The zero-order chi connectivity index (χ0) is 13.2. The number of carboxylic acid groups (broad SMARTS) is 1. The number of ether oxygens (including phenoxy) is 1. The number of H-pyrrole nitrogens is 1. The van der Waals surface area contributed by atoms with E-state index in [2.05, 4.69) is 14.9 Å². The second kappa shape index (κ2) is 4.99. The van der Waals surface area contributed by atoms with E-state index in [1.807, 2.05) is 0 Å². The van der Waals surface area contributed by atoms with Gasteiger partial charge in [-0.3, -0.25) is 4.90 Å². The third-order valence-corrected chi connectivity index (χ3v) is 3.25. The monoisotopic (exact) mass is 261 g/mol. The van der Waals surface area contributed by atoms with E-state index in [0.29, 0.717) is 0 Å². The predicted octanol–water partition coefficient (Wildman–Crippen LogP) is 1.09. The second-order valence-electron chi connectivity index (χ2n) is 4.61. The fraction of sp³-hybridized carbons (Fsp3) is 0.385. The average molecular weight is 261 g/mol. The van der Waals surface area contributed by atoms with E-state index < -0.39 is 5.97 Å². The van der Waals surface area contributed by atoms with E-state index in [1.54, 1.807) is 18.2 Å². The highest BCUT2D eigenvalue weighted by Gasteiger charge is 2.13. The maximum atomic E-state index is 10.9. The molecule has 2 N–H and O–H groups in total. The molecule has 1 aliphatic heterocycles. The summed E-state index contributed by atoms with van der Waals surface area (Å²) in [6, 6.07) is 4.93. The number of rotatable bonds is 3. The van der Waals surface area contributed by atoms with Crippen molar-refractivity contribution in [2.45, 2.75) is 6.54 Å². The molecule has 0 unspecified atom stereocenters. The standard InChI is InChI=1S/C13H15N3O3/c17-13(18)9-1-2-10-11(7-9)15-12(14-10)8-16-3-5-19-6-4-16/h1-2,7H,3-6,8H2,(H,14,15)(H,17,18). The fourth-order valence-corrected chi connectivity index (χ4v) is 2.24. The van der Waals surface area contributed by atoms with E-state index in [4.69, 9.17) is 9.84 Å². The van der Waals surface area contributed by atoms with Gasteiger partial charge in [0.1, 0.15) is 5.82 Å². The van der Waals surface area contributed by atoms with Crippen molar-refractivity contribution >= 4 is 17.0 Å². The molecule has 6 heteroatoms. The van der Waals surface area contributed by atoms with Gasteiger partial charge in [-0.05, 0) is 18.2 Å². The number of nitrogens with one attached hydrogen (secondary N) is 1. The normalized spacial score (nSPS) is 16.8. The number of aromatic nitrogens is 2. The Morgan fingerprint density at radius 2 is 2.21 bits per heavy atom. The van der Waals surface area contributed by atoms with Crippen molar-refractivity contribution in [2.24, 2.45) is 0 Å². The van der Waals surface area contributed by atoms with Gasteiger partial charge in [0.25, 0.3) is 0 Å². The van der Waals surface area contributed by atoms with Gasteiger partial charge >= 0.3 is 5.97 Å². The number of carbonyl (C=O) groups is 1. The van der Waals surface area contributed by atoms with E-state index in [1.165, 1.54) is 0 Å². The molecule has 100 valence electrons. The van der Waals surface area contributed by atoms with Crippen LogP contribution < -0.4 is 0 Å². The van der Waals surface area contributed by atoms with Crippen LogP contribution in [0.3, 0.4) is 0 Å². The predicted molar refractivity (Wildman–Crippen MR) is 69.1 cm³/mol. The number of nitrogens with zero attached hydrogens (tertiary/aromatic N) is 2. The Kier molecular flexibility index (Phi) is 3.18. The van der Waals surface area contributed by atoms with Crippen LogP contribution in [0.25, 0.3) is 11.0 Å². The number of morpholine rings is 1. The first-order valence-corrected chi connectivity index (χ1v) is 6.24. The van der Waals surface area contributed by atoms with Gasteiger partial charge in [0.15, 0.2) is 0 Å². The molecule has 0 aliphatic carbocycles. The molecule has 2 aromatic rings. The number of aromatic carboxylic acids is 1. The lowest BCUT2D eigenvalue weighted by atomic mass is 10.2. The number of hydrogen-bond acceptors (Lipinski definition) is 4. The molecule has 0 saturated carbocycles. The van der Waals surface area contributed by atoms with Gasteiger partial charge in [-0.2, -0.15) is 0 Å². The second-order valence-corrected chi connectivity index (χ2v) is 4.61. The van der Waals surface area contributed by atoms with Crippen LogP contribution in [-0.2, 0) is 11.3 Å². The lowest BCUT2D eigenvalue weighted by molar-refractivity contribution is 0.0332. The van der Waals surface area contributed by atoms with Crippen molar-refractivity contribution in [3.05, 3.63) is 29.6 Å². The largest absolute Gasteiger partial charge is 0.478 e. The molecule has 1 aliphatic rings. The van der Waals surface area contributed by atoms with Crippen LogP contribution in [0.1, 0.15) is 16.2 Å². The zero-order valence-electron chi connectivity index (χ0n) is 10.4. The van der Waals surface area contributed by atoms with Gasteiger partial charge in [0.2, 0.25) is 0 Å². The molecule has 1 saturated heterocycles. The zero-order valence-corrected chi connectivity index (χ0v) is 10.4. The molecular formula is C13H15N3O3. The number of carboxylic acids is 1. The molecule has 1 fully saturated rings. The van der Waals surface area contributed by atoms with Crippen LogP contribution in [0.2, 0.25) is 0 Å². The van der Waals surface area contributed by atoms with Crippen molar-refractivity contribution in [1.82, 2.24) is 14.9 Å². The Morgan fingerprint density at radius 3 is 2.95 bits per heavy atom. The summed E-state index contributed by atoms with van der Waals surface area (Å²) in [5, 5.41) is 8.96. The van der Waals surface area contributed by atoms with E-state index >= 15 is 0 Å². The maximum Gasteiger partial charge on any atom is 0.335 e. The summed E-state index contributed by atoms with van der Waals surface area (Å²) in [6.07, 6.45) is 0. The Morgan fingerprint density at radius 1 is 1.42 bits per heavy atom. The quantitative estimate of drug-likeness (QED) is 0.864. The minimum atomic E-state index is -0.925. The lowest BCUT2D eigenvalue weighted by Crippen LogP contribution is -2.35. The molecule has 0 spiro atoms. The summed E-state index contributed by atoms with van der Waals surface area (Å²) in [5.41, 5.74) is 1.84. The minimum Gasteiger partial charge on any atom is -0.478 e. The van der Waals surface area contributed by atoms with Gasteiger partial charge in [-0.1, -0.05) is 0 Å². The molecule has 3 rings (SSSR count). The summed E-state index contributed by atoms with van der Waals surface area (Å²) >= 11 is 0. The summed E-state index contributed by atoms with van der Waals surface area (Å²) in [4.78, 5) is 20.8. The molecule has 1 aromatic heterocycles. The van der Waals surface area contributed by atoms with Crippen molar-refractivity contribution in [2.75, 3.05) is 26.3 Å². The van der Waals surface area contributed by atoms with Crippen LogP contribution in [0.5, 0.6) is 0 Å². The topological polar surface area (TPSA) is 78.4 Å². The molecule has 1 aromatic carbocycles. The number of imidazole rings is 1. The first kappa shape index (κ1) is 12.1. The van der Waals surface area contributed by atoms with Crippen molar-refractivity contribution < 1.29 is 14.6 Å². The fourth-order valence-electron chi connectivity index (χ4n) is 2.24. The van der Waals surface area contributed by atoms with Crippen LogP contribution in [0.4, 0.5) is 0 Å². The van der Waals surface area contributed by atoms with Gasteiger partial charge in [0.05, 0.1) is 36.4 Å². The number of fused-ring (bicyclic) bond motifs is 1. The summed E-state index contributed by atoms with van der Waals surface area (Å²) in [6.45, 7) is 4.04. The van der Waals surface area contributed by atoms with Gasteiger partial charge in [0, 0.05) is 13.1 Å². The molecular weight excluding hydrogens is 246 g/mol. The smallest absolute Gasteiger partial charge is 0.335 e. The summed E-state index contributed by atoms with van der Waals surface area (Å²) in [7, 11) is 0. The maximum absolute atomic E-state index is 10.9. The van der Waals surface area contributed by atoms with Crippen molar-refractivity contribution in [1.29, 1.82) is 0 Å². The molecule has 6 nitrogen and oxygen atoms in total. The molecule has 0 atom stereocenters. The van der Waals surface area contributed by atoms with E-state index in [-0.39, 0.29) is 5.56 Å². The highest BCUT2D eigenvalue weighted by atomic mass is 16.5. The first-order valence-electron chi connectivity index (χ1n) is 6.24. The number of hydrogen-bond donors (Lipinski definition) is 2. The highest BCUT2D eigenvalue weighted by Crippen LogP contribution is 2.15. The lowest BCUT2D eigenvalue weighted by Gasteiger charge is -2.25. The SMILES string of the molecule is O=C(O)c1ccc2nc(CN3CCOCC3)[nH]c2c1. The van der Waals surface area contributed by atoms with Crippen LogP contribution in [-0.4, -0.2) is 52.2 Å². The first-order chi connectivity index (χ1) is 9.22. The van der Waals surface area contributed by atoms with Crippen LogP contribution in [0.15, 0.2) is 18.2 Å². The molecule has 0 amide bonds. The summed E-state index contributed by atoms with van der Waals surface area (Å²) in [5.74, 6) is -0.0642. The van der Waals surface area contributed by atoms with Gasteiger partial charge in [-0.25, -0.2) is 9.78 Å². The molecule has 2 heterocycles. The Balaban J connectivity index is 1.82. The van der Waals surface area contributed by atoms with E-state index in [9.17, 15) is 4.79 Å². The average Bonchev–Trinajstić information content (AvgIpc) is 2.80. The van der Waals surface area contributed by atoms with Crippen molar-refractivity contribution in [3.63, 3.8) is 0 Å². The summed E-state index contributed by atoms with van der Waals surface area (Å²) < 4.78 is 5.30. The number of aromatic amines is 1. The van der Waals surface area contributed by atoms with Gasteiger partial charge < -0.3 is 14.8 Å². The molecule has 0 radical (unpaired) electrons. The number of benzene rings is 1. The Bertz CT molecular complexity index is 602. The molecule has 0 bridgehead atoms.